The molecule has 0 spiro atoms. The molecule has 1 aromatic heterocycles. The highest BCUT2D eigenvalue weighted by atomic mass is 35.5. The van der Waals surface area contributed by atoms with Crippen LogP contribution in [0, 0.1) is 5.41 Å². The summed E-state index contributed by atoms with van der Waals surface area (Å²) in [6.45, 7) is 3.96. The van der Waals surface area contributed by atoms with E-state index in [9.17, 15) is 14.4 Å². The predicted molar refractivity (Wildman–Crippen MR) is 150 cm³/mol. The van der Waals surface area contributed by atoms with Crippen molar-refractivity contribution in [2.45, 2.75) is 44.9 Å². The highest BCUT2D eigenvalue weighted by molar-refractivity contribution is 7.07. The zero-order valence-electron chi connectivity index (χ0n) is 21.6. The molecule has 3 amide bonds. The fourth-order valence-electron chi connectivity index (χ4n) is 4.51. The van der Waals surface area contributed by atoms with Gasteiger partial charge in [-0.05, 0) is 19.4 Å². The molecule has 1 fully saturated rings. The average Bonchev–Trinajstić information content (AvgIpc) is 3.44. The number of likely N-dealkylation sites (tertiary alicyclic amines) is 1. The fraction of sp³-hybridized carbons (Fsp3) is 0.480. The van der Waals surface area contributed by atoms with Gasteiger partial charge in [-0.1, -0.05) is 30.3 Å². The molecule has 208 valence electrons. The second-order valence-corrected chi connectivity index (χ2v) is 10.6. The van der Waals surface area contributed by atoms with E-state index >= 15 is 0 Å². The number of nitrogens with one attached hydrogen (secondary N) is 1. The van der Waals surface area contributed by atoms with Crippen molar-refractivity contribution in [3.63, 3.8) is 0 Å². The van der Waals surface area contributed by atoms with Gasteiger partial charge in [-0.25, -0.2) is 9.99 Å². The highest BCUT2D eigenvalue weighted by Gasteiger charge is 2.54. The number of amides is 3. The van der Waals surface area contributed by atoms with E-state index in [2.05, 4.69) is 15.4 Å². The molecule has 38 heavy (non-hydrogen) atoms. The third kappa shape index (κ3) is 6.89. The smallest absolute Gasteiger partial charge is 0.256 e. The van der Waals surface area contributed by atoms with Crippen molar-refractivity contribution < 1.29 is 19.1 Å². The van der Waals surface area contributed by atoms with Crippen LogP contribution in [0.3, 0.4) is 0 Å². The van der Waals surface area contributed by atoms with Crippen molar-refractivity contribution in [3.05, 3.63) is 52.5 Å². The second-order valence-electron chi connectivity index (χ2n) is 9.87. The summed E-state index contributed by atoms with van der Waals surface area (Å²) in [4.78, 5) is 45.7. The van der Waals surface area contributed by atoms with Gasteiger partial charge in [-0.15, -0.1) is 36.2 Å². The van der Waals surface area contributed by atoms with Crippen LogP contribution in [0.25, 0.3) is 0 Å². The van der Waals surface area contributed by atoms with Crippen LogP contribution in [0.1, 0.15) is 31.5 Å². The lowest BCUT2D eigenvalue weighted by Gasteiger charge is -2.40. The zero-order valence-corrected chi connectivity index (χ0v) is 24.0. The zero-order chi connectivity index (χ0) is 25.9. The van der Waals surface area contributed by atoms with Gasteiger partial charge in [0.25, 0.3) is 5.91 Å². The largest absolute Gasteiger partial charge is 0.374 e. The van der Waals surface area contributed by atoms with E-state index in [0.717, 1.165) is 17.0 Å². The summed E-state index contributed by atoms with van der Waals surface area (Å²) in [5.74, 6) is -0.941. The summed E-state index contributed by atoms with van der Waals surface area (Å²) < 4.78 is 5.83. The van der Waals surface area contributed by atoms with E-state index in [1.807, 2.05) is 35.7 Å². The molecule has 0 radical (unpaired) electrons. The van der Waals surface area contributed by atoms with Gasteiger partial charge in [0.1, 0.15) is 11.5 Å². The number of benzene rings is 1. The molecule has 1 aromatic carbocycles. The van der Waals surface area contributed by atoms with Crippen LogP contribution in [0.15, 0.2) is 46.3 Å². The van der Waals surface area contributed by atoms with Crippen molar-refractivity contribution in [3.8, 4) is 0 Å². The molecular weight excluding hydrogens is 551 g/mol. The average molecular weight is 586 g/mol. The van der Waals surface area contributed by atoms with Crippen LogP contribution in [0.4, 0.5) is 0 Å². The first-order chi connectivity index (χ1) is 17.1. The van der Waals surface area contributed by atoms with Crippen LogP contribution in [0.2, 0.25) is 0 Å². The Morgan fingerprint density at radius 1 is 1.26 bits per heavy atom. The third-order valence-electron chi connectivity index (χ3n) is 6.47. The Labute approximate surface area is 238 Å². The Bertz CT molecular complexity index is 1140. The number of fused-ring (bicyclic) bond motifs is 1. The van der Waals surface area contributed by atoms with Crippen molar-refractivity contribution in [1.29, 1.82) is 0 Å². The minimum absolute atomic E-state index is 0. The van der Waals surface area contributed by atoms with Crippen molar-refractivity contribution in [2.24, 2.45) is 16.3 Å². The Morgan fingerprint density at radius 3 is 2.61 bits per heavy atom. The number of nitrogens with two attached hydrogens (primary N) is 1. The first kappa shape index (κ1) is 31.6. The molecule has 3 N–H and O–H groups in total. The Morgan fingerprint density at radius 2 is 1.97 bits per heavy atom. The molecule has 0 bridgehead atoms. The molecule has 0 saturated carbocycles. The Hall–Kier alpha value is -2.57. The highest BCUT2D eigenvalue weighted by Crippen LogP contribution is 2.38. The van der Waals surface area contributed by atoms with Gasteiger partial charge in [0.05, 0.1) is 35.7 Å². The molecule has 0 aliphatic carbocycles. The monoisotopic (exact) mass is 584 g/mol. The normalized spacial score (nSPS) is 19.6. The minimum Gasteiger partial charge on any atom is -0.374 e. The number of ether oxygens (including phenoxy) is 1. The predicted octanol–water partition coefficient (Wildman–Crippen LogP) is 2.01. The van der Waals surface area contributed by atoms with E-state index in [1.165, 1.54) is 16.3 Å². The molecule has 0 unspecified atom stereocenters. The number of carbonyl (C=O) groups excluding carboxylic acids is 3. The van der Waals surface area contributed by atoms with Gasteiger partial charge in [-0.2, -0.15) is 5.10 Å². The van der Waals surface area contributed by atoms with Crippen molar-refractivity contribution in [2.75, 3.05) is 26.7 Å². The lowest BCUT2D eigenvalue weighted by Crippen LogP contribution is -2.61. The topological polar surface area (TPSA) is 130 Å². The number of aromatic nitrogens is 1. The van der Waals surface area contributed by atoms with Gasteiger partial charge >= 0.3 is 0 Å². The lowest BCUT2D eigenvalue weighted by molar-refractivity contribution is -0.143. The second kappa shape index (κ2) is 13.0. The summed E-state index contributed by atoms with van der Waals surface area (Å²) in [6.07, 6.45) is 0.819. The van der Waals surface area contributed by atoms with Crippen LogP contribution < -0.4 is 11.1 Å². The van der Waals surface area contributed by atoms with Crippen LogP contribution in [0.5, 0.6) is 0 Å². The van der Waals surface area contributed by atoms with Gasteiger partial charge < -0.3 is 20.7 Å². The summed E-state index contributed by atoms with van der Waals surface area (Å²) in [5.41, 5.74) is 8.06. The Kier molecular flexibility index (Phi) is 10.8. The molecule has 2 aliphatic heterocycles. The number of rotatable bonds is 9. The summed E-state index contributed by atoms with van der Waals surface area (Å²) >= 11 is 1.46. The number of hydrogen-bond donors (Lipinski definition) is 2. The minimum atomic E-state index is -1.17. The molecule has 13 heteroatoms. The molecule has 2 atom stereocenters. The molecule has 1 saturated heterocycles. The molecule has 3 heterocycles. The summed E-state index contributed by atoms with van der Waals surface area (Å²) in [7, 11) is 1.63. The summed E-state index contributed by atoms with van der Waals surface area (Å²) in [6, 6.07) is 8.63. The molecule has 4 rings (SSSR count). The van der Waals surface area contributed by atoms with Crippen molar-refractivity contribution in [1.82, 2.24) is 20.2 Å². The van der Waals surface area contributed by atoms with E-state index in [0.29, 0.717) is 26.0 Å². The number of halogens is 2. The third-order valence-corrected chi connectivity index (χ3v) is 7.10. The van der Waals surface area contributed by atoms with E-state index in [1.54, 1.807) is 31.3 Å². The molecule has 2 aromatic rings. The van der Waals surface area contributed by atoms with Crippen LogP contribution in [-0.4, -0.2) is 76.7 Å². The molecular formula is C25H34Cl2N6O4S. The quantitative estimate of drug-likeness (QED) is 0.463. The molecule has 10 nitrogen and oxygen atoms in total. The molecule has 2 aliphatic rings. The van der Waals surface area contributed by atoms with Crippen LogP contribution >= 0.6 is 36.2 Å². The van der Waals surface area contributed by atoms with Crippen molar-refractivity contribution >= 4 is 59.6 Å². The van der Waals surface area contributed by atoms with Gasteiger partial charge in [0, 0.05) is 38.4 Å². The van der Waals surface area contributed by atoms with Gasteiger partial charge in [-0.3, -0.25) is 14.4 Å². The van der Waals surface area contributed by atoms with Gasteiger partial charge in [0.2, 0.25) is 11.8 Å². The van der Waals surface area contributed by atoms with Crippen LogP contribution in [-0.2, 0) is 32.1 Å². The van der Waals surface area contributed by atoms with E-state index in [4.69, 9.17) is 10.5 Å². The summed E-state index contributed by atoms with van der Waals surface area (Å²) in [5, 5.41) is 10.5. The maximum atomic E-state index is 13.7. The van der Waals surface area contributed by atoms with E-state index < -0.39 is 22.9 Å². The lowest BCUT2D eigenvalue weighted by atomic mass is 9.74. The SMILES string of the molecule is CN1N=C2CCN(C(=O)[C@@H](COCc3ccccc3)NC(=O)C(C)(C)N)C[C@@]2(Cc2cscn2)C1=O.Cl.Cl. The number of hydrogen-bond acceptors (Lipinski definition) is 8. The number of nitrogens with zero attached hydrogens (tertiary/aromatic N) is 4. The number of thiazole rings is 1. The first-order valence-corrected chi connectivity index (χ1v) is 12.8. The van der Waals surface area contributed by atoms with Gasteiger partial charge in [0.15, 0.2) is 0 Å². The number of hydrazone groups is 1. The maximum absolute atomic E-state index is 13.7. The Balaban J connectivity index is 0.00000253. The fourth-order valence-corrected chi connectivity index (χ4v) is 5.07. The number of carbonyl (C=O) groups is 3. The number of piperidine rings is 1. The maximum Gasteiger partial charge on any atom is 0.256 e. The van der Waals surface area contributed by atoms with E-state index in [-0.39, 0.29) is 49.8 Å². The standard InChI is InChI=1S/C25H32N6O4S.2ClH/c1-24(2,26)22(33)28-19(13-35-12-17-7-5-4-6-8-17)21(32)31-10-9-20-25(15-31,23(34)30(3)29-20)11-18-14-36-16-27-18;;/h4-8,14,16,19H,9-13,15,26H2,1-3H3,(H,28,33);2*1H/t19-,25-;;/m1../s1. The first-order valence-electron chi connectivity index (χ1n) is 11.8.